The smallest absolute Gasteiger partial charge is 0.224 e. The summed E-state index contributed by atoms with van der Waals surface area (Å²) in [7, 11) is 0. The van der Waals surface area contributed by atoms with Gasteiger partial charge >= 0.3 is 0 Å². The topological polar surface area (TPSA) is 44.8 Å². The highest BCUT2D eigenvalue weighted by atomic mass is 35.5. The number of carbonyl (C=O) groups is 1. The minimum absolute atomic E-state index is 0. The summed E-state index contributed by atoms with van der Waals surface area (Å²) in [6.07, 6.45) is 6.90. The van der Waals surface area contributed by atoms with Crippen LogP contribution in [-0.2, 0) is 16.1 Å². The number of nitrogens with one attached hydrogen (secondary N) is 1. The molecule has 2 heterocycles. The minimum atomic E-state index is 0. The molecule has 5 nitrogen and oxygen atoms in total. The first-order chi connectivity index (χ1) is 13.3. The van der Waals surface area contributed by atoms with Crippen LogP contribution >= 0.6 is 24.8 Å². The van der Waals surface area contributed by atoms with E-state index in [9.17, 15) is 4.79 Å². The summed E-state index contributed by atoms with van der Waals surface area (Å²) in [6, 6.07) is 11.0. The van der Waals surface area contributed by atoms with E-state index in [4.69, 9.17) is 4.74 Å². The molecule has 29 heavy (non-hydrogen) atoms. The average molecular weight is 444 g/mol. The van der Waals surface area contributed by atoms with Gasteiger partial charge in [-0.3, -0.25) is 9.69 Å². The summed E-state index contributed by atoms with van der Waals surface area (Å²) in [5.41, 5.74) is 1.55. The molecule has 1 saturated carbocycles. The summed E-state index contributed by atoms with van der Waals surface area (Å²) < 4.78 is 5.52. The summed E-state index contributed by atoms with van der Waals surface area (Å²) in [5, 5.41) is 3.42. The molecule has 3 fully saturated rings. The van der Waals surface area contributed by atoms with Crippen molar-refractivity contribution >= 4 is 30.7 Å². The van der Waals surface area contributed by atoms with Gasteiger partial charge in [0.15, 0.2) is 0 Å². The Morgan fingerprint density at radius 1 is 1.10 bits per heavy atom. The van der Waals surface area contributed by atoms with Gasteiger partial charge in [-0.15, -0.1) is 24.8 Å². The number of benzene rings is 1. The maximum Gasteiger partial charge on any atom is 0.224 e. The predicted molar refractivity (Wildman–Crippen MR) is 121 cm³/mol. The van der Waals surface area contributed by atoms with Gasteiger partial charge in [0.25, 0.3) is 0 Å². The molecule has 4 rings (SSSR count). The van der Waals surface area contributed by atoms with E-state index in [0.717, 1.165) is 39.3 Å². The standard InChI is InChI=1S/C22H33N3O2.2ClH/c26-21(15-20-17-27-14-11-23-20)24-12-13-25(16-19-7-3-1-4-8-19)22(18-24)9-5-2-6-10-22;;/h1,3-4,7-8,20,23H,2,5-6,9-18H2;2*1H. The van der Waals surface area contributed by atoms with E-state index in [-0.39, 0.29) is 36.4 Å². The molecule has 0 radical (unpaired) electrons. The highest BCUT2D eigenvalue weighted by Crippen LogP contribution is 2.37. The molecule has 7 heteroatoms. The number of piperazine rings is 1. The van der Waals surface area contributed by atoms with Crippen molar-refractivity contribution < 1.29 is 9.53 Å². The number of ether oxygens (including phenoxy) is 1. The largest absolute Gasteiger partial charge is 0.378 e. The van der Waals surface area contributed by atoms with Crippen molar-refractivity contribution in [1.29, 1.82) is 0 Å². The fourth-order valence-corrected chi connectivity index (χ4v) is 5.05. The molecule has 3 aliphatic rings. The third kappa shape index (κ3) is 6.08. The van der Waals surface area contributed by atoms with E-state index in [2.05, 4.69) is 45.4 Å². The Labute approximate surface area is 187 Å². The van der Waals surface area contributed by atoms with Crippen molar-refractivity contribution in [2.45, 2.75) is 56.7 Å². The van der Waals surface area contributed by atoms with E-state index in [1.807, 2.05) is 0 Å². The van der Waals surface area contributed by atoms with Gasteiger partial charge in [0.2, 0.25) is 5.91 Å². The monoisotopic (exact) mass is 443 g/mol. The molecule has 0 aromatic heterocycles. The number of hydrogen-bond acceptors (Lipinski definition) is 4. The van der Waals surface area contributed by atoms with Crippen molar-refractivity contribution in [2.75, 3.05) is 39.4 Å². The molecule has 1 N–H and O–H groups in total. The van der Waals surface area contributed by atoms with Gasteiger partial charge in [-0.05, 0) is 18.4 Å². The Kier molecular flexibility index (Phi) is 9.70. The number of morpholine rings is 1. The lowest BCUT2D eigenvalue weighted by atomic mass is 9.78. The maximum absolute atomic E-state index is 13.0. The number of nitrogens with zero attached hydrogens (tertiary/aromatic N) is 2. The number of halogens is 2. The van der Waals surface area contributed by atoms with Crippen molar-refractivity contribution in [2.24, 2.45) is 0 Å². The van der Waals surface area contributed by atoms with Crippen molar-refractivity contribution in [1.82, 2.24) is 15.1 Å². The second-order valence-corrected chi connectivity index (χ2v) is 8.44. The fraction of sp³-hybridized carbons (Fsp3) is 0.682. The van der Waals surface area contributed by atoms with E-state index in [0.29, 0.717) is 18.9 Å². The van der Waals surface area contributed by atoms with Crippen molar-refractivity contribution in [3.8, 4) is 0 Å². The molecular weight excluding hydrogens is 409 g/mol. The molecule has 1 aromatic carbocycles. The molecule has 1 aromatic rings. The zero-order valence-electron chi connectivity index (χ0n) is 17.2. The molecule has 0 bridgehead atoms. The molecule has 1 aliphatic carbocycles. The van der Waals surface area contributed by atoms with Crippen LogP contribution in [0.3, 0.4) is 0 Å². The van der Waals surface area contributed by atoms with E-state index in [1.54, 1.807) is 0 Å². The number of amides is 1. The van der Waals surface area contributed by atoms with Crippen LogP contribution in [0.15, 0.2) is 30.3 Å². The normalized spacial score (nSPS) is 24.4. The number of rotatable bonds is 4. The zero-order valence-corrected chi connectivity index (χ0v) is 18.8. The fourth-order valence-electron chi connectivity index (χ4n) is 5.05. The van der Waals surface area contributed by atoms with Gasteiger partial charge in [0, 0.05) is 50.7 Å². The van der Waals surface area contributed by atoms with E-state index >= 15 is 0 Å². The lowest BCUT2D eigenvalue weighted by molar-refractivity contribution is -0.140. The van der Waals surface area contributed by atoms with E-state index < -0.39 is 0 Å². The Morgan fingerprint density at radius 2 is 1.86 bits per heavy atom. The molecule has 1 unspecified atom stereocenters. The summed E-state index contributed by atoms with van der Waals surface area (Å²) in [6.45, 7) is 5.99. The first-order valence-electron chi connectivity index (χ1n) is 10.6. The van der Waals surface area contributed by atoms with Crippen LogP contribution in [0.4, 0.5) is 0 Å². The number of carbonyl (C=O) groups excluding carboxylic acids is 1. The van der Waals surface area contributed by atoms with Crippen LogP contribution in [0, 0.1) is 0 Å². The Bertz CT molecular complexity index is 620. The van der Waals surface area contributed by atoms with Crippen molar-refractivity contribution in [3.63, 3.8) is 0 Å². The molecule has 2 aliphatic heterocycles. The lowest BCUT2D eigenvalue weighted by Gasteiger charge is -2.53. The van der Waals surface area contributed by atoms with Crippen LogP contribution in [0.5, 0.6) is 0 Å². The summed E-state index contributed by atoms with van der Waals surface area (Å²) >= 11 is 0. The predicted octanol–water partition coefficient (Wildman–Crippen LogP) is 3.26. The minimum Gasteiger partial charge on any atom is -0.378 e. The average Bonchev–Trinajstić information content (AvgIpc) is 2.72. The molecule has 1 amide bonds. The molecule has 1 spiro atoms. The highest BCUT2D eigenvalue weighted by Gasteiger charge is 2.43. The highest BCUT2D eigenvalue weighted by molar-refractivity contribution is 5.85. The molecular formula is C22H35Cl2N3O2. The van der Waals surface area contributed by atoms with Gasteiger partial charge in [-0.1, -0.05) is 49.6 Å². The van der Waals surface area contributed by atoms with Crippen LogP contribution in [0.1, 0.15) is 44.1 Å². The van der Waals surface area contributed by atoms with Gasteiger partial charge in [0.1, 0.15) is 0 Å². The van der Waals surface area contributed by atoms with Gasteiger partial charge in [-0.25, -0.2) is 0 Å². The Hall–Kier alpha value is -0.850. The maximum atomic E-state index is 13.0. The Balaban J connectivity index is 0.00000150. The first kappa shape index (κ1) is 24.4. The van der Waals surface area contributed by atoms with Gasteiger partial charge in [0.05, 0.1) is 13.2 Å². The third-order valence-corrected chi connectivity index (χ3v) is 6.57. The number of hydrogen-bond donors (Lipinski definition) is 1. The summed E-state index contributed by atoms with van der Waals surface area (Å²) in [5.74, 6) is 0.294. The molecule has 2 saturated heterocycles. The van der Waals surface area contributed by atoms with E-state index in [1.165, 1.54) is 37.7 Å². The first-order valence-corrected chi connectivity index (χ1v) is 10.6. The Morgan fingerprint density at radius 3 is 2.55 bits per heavy atom. The SMILES string of the molecule is Cl.Cl.O=C(CC1COCCN1)N1CCN(Cc2ccccc2)C2(CCCCC2)C1. The van der Waals surface area contributed by atoms with Crippen LogP contribution in [-0.4, -0.2) is 66.7 Å². The molecule has 1 atom stereocenters. The van der Waals surface area contributed by atoms with Gasteiger partial charge in [-0.2, -0.15) is 0 Å². The second-order valence-electron chi connectivity index (χ2n) is 8.44. The second kappa shape index (κ2) is 11.5. The van der Waals surface area contributed by atoms with Crippen molar-refractivity contribution in [3.05, 3.63) is 35.9 Å². The third-order valence-electron chi connectivity index (χ3n) is 6.57. The molecule has 164 valence electrons. The quantitative estimate of drug-likeness (QED) is 0.775. The zero-order chi connectivity index (χ0) is 18.5. The van der Waals surface area contributed by atoms with Crippen LogP contribution in [0.25, 0.3) is 0 Å². The van der Waals surface area contributed by atoms with Crippen LogP contribution in [0.2, 0.25) is 0 Å². The van der Waals surface area contributed by atoms with Crippen LogP contribution < -0.4 is 5.32 Å². The van der Waals surface area contributed by atoms with Gasteiger partial charge < -0.3 is 15.0 Å². The lowest BCUT2D eigenvalue weighted by Crippen LogP contribution is -2.63. The summed E-state index contributed by atoms with van der Waals surface area (Å²) in [4.78, 5) is 17.8.